The Morgan fingerprint density at radius 1 is 1.50 bits per heavy atom. The number of amides is 1. The van der Waals surface area contributed by atoms with E-state index in [1.54, 1.807) is 0 Å². The van der Waals surface area contributed by atoms with Crippen LogP contribution in [0.4, 0.5) is 15.8 Å². The molecule has 0 bridgehead atoms. The summed E-state index contributed by atoms with van der Waals surface area (Å²) in [6.45, 7) is -0.303. The molecule has 8 heteroatoms. The molecular formula is C12H10ClFN4O2. The monoisotopic (exact) mass is 296 g/mol. The van der Waals surface area contributed by atoms with Crippen molar-refractivity contribution in [2.45, 2.75) is 6.54 Å². The highest BCUT2D eigenvalue weighted by molar-refractivity contribution is 6.30. The second-order valence-corrected chi connectivity index (χ2v) is 4.40. The van der Waals surface area contributed by atoms with Crippen LogP contribution in [0, 0.1) is 5.82 Å². The molecule has 0 aliphatic heterocycles. The summed E-state index contributed by atoms with van der Waals surface area (Å²) in [5.41, 5.74) is 5.34. The standard InChI is InChI=1S/C12H10ClFN4O2/c13-7-4-16-12(20)18(5-7)6-11(19)17-10-3-8(14)1-2-9(10)15/h1-5H,6,15H2,(H,17,19). The number of hydrogen-bond acceptors (Lipinski definition) is 4. The van der Waals surface area contributed by atoms with Crippen molar-refractivity contribution in [3.63, 3.8) is 0 Å². The first kappa shape index (κ1) is 14.0. The molecular weight excluding hydrogens is 287 g/mol. The summed E-state index contributed by atoms with van der Waals surface area (Å²) in [6.07, 6.45) is 2.47. The molecule has 0 aliphatic rings. The van der Waals surface area contributed by atoms with Gasteiger partial charge in [-0.25, -0.2) is 14.2 Å². The second-order valence-electron chi connectivity index (χ2n) is 3.96. The van der Waals surface area contributed by atoms with Gasteiger partial charge in [0.05, 0.1) is 22.6 Å². The number of hydrogen-bond donors (Lipinski definition) is 2. The first-order valence-corrected chi connectivity index (χ1v) is 5.90. The van der Waals surface area contributed by atoms with Gasteiger partial charge in [-0.3, -0.25) is 9.36 Å². The largest absolute Gasteiger partial charge is 0.397 e. The Bertz CT molecular complexity index is 717. The van der Waals surface area contributed by atoms with Gasteiger partial charge in [0.25, 0.3) is 0 Å². The van der Waals surface area contributed by atoms with Crippen molar-refractivity contribution >= 4 is 28.9 Å². The highest BCUT2D eigenvalue weighted by atomic mass is 35.5. The van der Waals surface area contributed by atoms with E-state index in [2.05, 4.69) is 10.3 Å². The van der Waals surface area contributed by atoms with Crippen molar-refractivity contribution in [2.24, 2.45) is 0 Å². The fraction of sp³-hybridized carbons (Fsp3) is 0.0833. The lowest BCUT2D eigenvalue weighted by Crippen LogP contribution is -2.28. The normalized spacial score (nSPS) is 10.3. The first-order valence-electron chi connectivity index (χ1n) is 5.52. The third-order valence-corrected chi connectivity index (χ3v) is 2.62. The van der Waals surface area contributed by atoms with E-state index in [-0.39, 0.29) is 22.9 Å². The van der Waals surface area contributed by atoms with Crippen LogP contribution in [0.25, 0.3) is 0 Å². The van der Waals surface area contributed by atoms with Gasteiger partial charge >= 0.3 is 5.69 Å². The van der Waals surface area contributed by atoms with Crippen molar-refractivity contribution in [3.8, 4) is 0 Å². The Labute approximate surface area is 118 Å². The Morgan fingerprint density at radius 3 is 3.00 bits per heavy atom. The quantitative estimate of drug-likeness (QED) is 0.834. The fourth-order valence-electron chi connectivity index (χ4n) is 1.52. The summed E-state index contributed by atoms with van der Waals surface area (Å²) < 4.78 is 14.1. The molecule has 2 rings (SSSR count). The third-order valence-electron chi connectivity index (χ3n) is 2.43. The second kappa shape index (κ2) is 5.70. The summed E-state index contributed by atoms with van der Waals surface area (Å²) in [4.78, 5) is 26.7. The maximum Gasteiger partial charge on any atom is 0.348 e. The van der Waals surface area contributed by atoms with E-state index in [4.69, 9.17) is 17.3 Å². The minimum Gasteiger partial charge on any atom is -0.397 e. The lowest BCUT2D eigenvalue weighted by molar-refractivity contribution is -0.116. The topological polar surface area (TPSA) is 90.0 Å². The molecule has 0 radical (unpaired) electrons. The average Bonchev–Trinajstić information content (AvgIpc) is 2.38. The third kappa shape index (κ3) is 3.33. The predicted octanol–water partition coefficient (Wildman–Crippen LogP) is 1.26. The number of nitrogens with zero attached hydrogens (tertiary/aromatic N) is 2. The zero-order chi connectivity index (χ0) is 14.7. The highest BCUT2D eigenvalue weighted by Crippen LogP contribution is 2.19. The summed E-state index contributed by atoms with van der Waals surface area (Å²) in [5, 5.41) is 2.64. The molecule has 20 heavy (non-hydrogen) atoms. The zero-order valence-electron chi connectivity index (χ0n) is 10.1. The van der Waals surface area contributed by atoms with Crippen LogP contribution in [0.2, 0.25) is 5.02 Å². The number of carbonyl (C=O) groups is 1. The molecule has 1 aromatic carbocycles. The summed E-state index contributed by atoms with van der Waals surface area (Å²) >= 11 is 5.68. The molecule has 6 nitrogen and oxygen atoms in total. The average molecular weight is 297 g/mol. The number of rotatable bonds is 3. The van der Waals surface area contributed by atoms with Gasteiger partial charge in [0.1, 0.15) is 12.4 Å². The molecule has 0 aliphatic carbocycles. The van der Waals surface area contributed by atoms with Gasteiger partial charge in [-0.2, -0.15) is 0 Å². The van der Waals surface area contributed by atoms with E-state index < -0.39 is 17.4 Å². The van der Waals surface area contributed by atoms with Gasteiger partial charge in [-0.1, -0.05) is 11.6 Å². The summed E-state index contributed by atoms with van der Waals surface area (Å²) in [6, 6.07) is 3.60. The molecule has 1 amide bonds. The van der Waals surface area contributed by atoms with Crippen molar-refractivity contribution in [1.82, 2.24) is 9.55 Å². The van der Waals surface area contributed by atoms with Gasteiger partial charge in [0.2, 0.25) is 5.91 Å². The van der Waals surface area contributed by atoms with E-state index >= 15 is 0 Å². The van der Waals surface area contributed by atoms with Crippen molar-refractivity contribution in [1.29, 1.82) is 0 Å². The molecule has 3 N–H and O–H groups in total. The van der Waals surface area contributed by atoms with Crippen LogP contribution in [0.1, 0.15) is 0 Å². The molecule has 0 atom stereocenters. The molecule has 0 fully saturated rings. The van der Waals surface area contributed by atoms with Crippen LogP contribution < -0.4 is 16.7 Å². The van der Waals surface area contributed by atoms with E-state index in [1.165, 1.54) is 24.5 Å². The Hall–Kier alpha value is -2.41. The number of carbonyl (C=O) groups excluding carboxylic acids is 1. The SMILES string of the molecule is Nc1ccc(F)cc1NC(=O)Cn1cc(Cl)cnc1=O. The summed E-state index contributed by atoms with van der Waals surface area (Å²) in [7, 11) is 0. The van der Waals surface area contributed by atoms with Crippen LogP contribution in [-0.2, 0) is 11.3 Å². The maximum atomic E-state index is 13.1. The van der Waals surface area contributed by atoms with Crippen LogP contribution in [0.3, 0.4) is 0 Å². The molecule has 0 unspecified atom stereocenters. The maximum absolute atomic E-state index is 13.1. The number of nitrogen functional groups attached to an aromatic ring is 1. The number of anilines is 2. The Morgan fingerprint density at radius 2 is 2.25 bits per heavy atom. The molecule has 0 saturated carbocycles. The van der Waals surface area contributed by atoms with Crippen LogP contribution in [-0.4, -0.2) is 15.5 Å². The van der Waals surface area contributed by atoms with Gasteiger partial charge in [-0.05, 0) is 18.2 Å². The molecule has 0 spiro atoms. The predicted molar refractivity (Wildman–Crippen MR) is 72.9 cm³/mol. The fourth-order valence-corrected chi connectivity index (χ4v) is 1.69. The minimum atomic E-state index is -0.614. The van der Waals surface area contributed by atoms with Gasteiger partial charge in [0, 0.05) is 6.20 Å². The van der Waals surface area contributed by atoms with Crippen LogP contribution in [0.5, 0.6) is 0 Å². The van der Waals surface area contributed by atoms with Crippen molar-refractivity contribution in [3.05, 3.63) is 51.9 Å². The van der Waals surface area contributed by atoms with Gasteiger partial charge in [-0.15, -0.1) is 0 Å². The number of nitrogens with two attached hydrogens (primary N) is 1. The lowest BCUT2D eigenvalue weighted by atomic mass is 10.2. The lowest BCUT2D eigenvalue weighted by Gasteiger charge is -2.09. The highest BCUT2D eigenvalue weighted by Gasteiger charge is 2.09. The number of nitrogens with one attached hydrogen (secondary N) is 1. The number of aromatic nitrogens is 2. The number of halogens is 2. The molecule has 1 heterocycles. The van der Waals surface area contributed by atoms with E-state index in [9.17, 15) is 14.0 Å². The van der Waals surface area contributed by atoms with Crippen LogP contribution in [0.15, 0.2) is 35.4 Å². The van der Waals surface area contributed by atoms with Crippen molar-refractivity contribution in [2.75, 3.05) is 11.1 Å². The van der Waals surface area contributed by atoms with Gasteiger partial charge in [0.15, 0.2) is 0 Å². The van der Waals surface area contributed by atoms with E-state index in [0.717, 1.165) is 10.6 Å². The van der Waals surface area contributed by atoms with E-state index in [0.29, 0.717) is 0 Å². The first-order chi connectivity index (χ1) is 9.45. The Balaban J connectivity index is 2.15. The molecule has 0 saturated heterocycles. The molecule has 2 aromatic rings. The Kier molecular flexibility index (Phi) is 3.99. The molecule has 1 aromatic heterocycles. The zero-order valence-corrected chi connectivity index (χ0v) is 10.9. The minimum absolute atomic E-state index is 0.137. The molecule has 104 valence electrons. The van der Waals surface area contributed by atoms with Crippen LogP contribution >= 0.6 is 11.6 Å². The summed E-state index contributed by atoms with van der Waals surface area (Å²) in [5.74, 6) is -1.08. The van der Waals surface area contributed by atoms with Gasteiger partial charge < -0.3 is 11.1 Å². The van der Waals surface area contributed by atoms with E-state index in [1.807, 2.05) is 0 Å². The number of benzene rings is 1. The smallest absolute Gasteiger partial charge is 0.348 e. The van der Waals surface area contributed by atoms with Crippen molar-refractivity contribution < 1.29 is 9.18 Å².